The summed E-state index contributed by atoms with van der Waals surface area (Å²) in [5.41, 5.74) is 1.88. The molecule has 6 rings (SSSR count). The van der Waals surface area contributed by atoms with Crippen LogP contribution in [0.1, 0.15) is 11.1 Å². The van der Waals surface area contributed by atoms with Crippen LogP contribution in [0.3, 0.4) is 0 Å². The fraction of sp³-hybridized carbons (Fsp3) is 0.333. The number of aromatic nitrogens is 2. The number of rotatable bonds is 7. The van der Waals surface area contributed by atoms with Gasteiger partial charge in [0.2, 0.25) is 6.79 Å². The molecule has 0 spiro atoms. The molecular formula is C27H27N5O5S2. The number of carbonyl (C=O) groups excluding carboxylic acids is 1. The maximum absolute atomic E-state index is 13.7. The van der Waals surface area contributed by atoms with E-state index < -0.39 is 0 Å². The van der Waals surface area contributed by atoms with Gasteiger partial charge in [-0.25, -0.2) is 4.98 Å². The van der Waals surface area contributed by atoms with Crippen molar-refractivity contribution < 1.29 is 19.0 Å². The van der Waals surface area contributed by atoms with E-state index in [1.807, 2.05) is 24.3 Å². The number of hydrogen-bond acceptors (Lipinski definition) is 10. The Morgan fingerprint density at radius 3 is 2.74 bits per heavy atom. The van der Waals surface area contributed by atoms with E-state index in [0.717, 1.165) is 36.7 Å². The van der Waals surface area contributed by atoms with Crippen LogP contribution in [0.15, 0.2) is 52.3 Å². The average molecular weight is 566 g/mol. The highest BCUT2D eigenvalue weighted by Gasteiger charge is 2.33. The fourth-order valence-electron chi connectivity index (χ4n) is 4.88. The van der Waals surface area contributed by atoms with Crippen LogP contribution < -0.4 is 19.9 Å². The summed E-state index contributed by atoms with van der Waals surface area (Å²) in [7, 11) is 1.58. The van der Waals surface area contributed by atoms with Gasteiger partial charge in [0.1, 0.15) is 15.8 Å². The molecule has 0 aliphatic carbocycles. The molecule has 202 valence electrons. The molecule has 2 fully saturated rings. The number of amides is 1. The van der Waals surface area contributed by atoms with Crippen LogP contribution in [0.5, 0.6) is 11.5 Å². The van der Waals surface area contributed by atoms with Crippen molar-refractivity contribution in [2.45, 2.75) is 6.54 Å². The van der Waals surface area contributed by atoms with Crippen molar-refractivity contribution in [1.82, 2.24) is 19.2 Å². The highest BCUT2D eigenvalue weighted by atomic mass is 32.2. The summed E-state index contributed by atoms with van der Waals surface area (Å²) in [6.45, 7) is 4.76. The van der Waals surface area contributed by atoms with Crippen LogP contribution >= 0.6 is 24.0 Å². The van der Waals surface area contributed by atoms with E-state index in [4.69, 9.17) is 31.4 Å². The Kier molecular flexibility index (Phi) is 7.26. The minimum atomic E-state index is -0.223. The molecule has 0 bridgehead atoms. The highest BCUT2D eigenvalue weighted by Crippen LogP contribution is 2.34. The summed E-state index contributed by atoms with van der Waals surface area (Å²) < 4.78 is 18.0. The zero-order valence-electron chi connectivity index (χ0n) is 21.4. The largest absolute Gasteiger partial charge is 0.454 e. The van der Waals surface area contributed by atoms with Crippen molar-refractivity contribution in [3.8, 4) is 11.5 Å². The Balaban J connectivity index is 1.26. The van der Waals surface area contributed by atoms with Crippen LogP contribution in [-0.2, 0) is 16.1 Å². The number of fused-ring (bicyclic) bond motifs is 2. The molecular weight excluding hydrogens is 538 g/mol. The summed E-state index contributed by atoms with van der Waals surface area (Å²) in [6, 6.07) is 11.5. The van der Waals surface area contributed by atoms with Gasteiger partial charge in [-0.3, -0.25) is 23.8 Å². The second kappa shape index (κ2) is 11.0. The molecule has 0 atom stereocenters. The Morgan fingerprint density at radius 1 is 1.10 bits per heavy atom. The lowest BCUT2D eigenvalue weighted by atomic mass is 10.1. The van der Waals surface area contributed by atoms with Crippen molar-refractivity contribution in [2.75, 3.05) is 58.1 Å². The first kappa shape index (κ1) is 25.8. The van der Waals surface area contributed by atoms with Crippen molar-refractivity contribution in [2.24, 2.45) is 0 Å². The predicted molar refractivity (Wildman–Crippen MR) is 153 cm³/mol. The van der Waals surface area contributed by atoms with Crippen LogP contribution in [0.4, 0.5) is 5.82 Å². The molecule has 2 saturated heterocycles. The average Bonchev–Trinajstić information content (AvgIpc) is 3.52. The van der Waals surface area contributed by atoms with E-state index in [9.17, 15) is 9.59 Å². The van der Waals surface area contributed by atoms with Gasteiger partial charge in [-0.05, 0) is 35.9 Å². The van der Waals surface area contributed by atoms with E-state index in [1.165, 1.54) is 21.1 Å². The number of benzene rings is 1. The van der Waals surface area contributed by atoms with Gasteiger partial charge in [0, 0.05) is 46.0 Å². The molecule has 2 aromatic heterocycles. The van der Waals surface area contributed by atoms with Crippen LogP contribution in [0.2, 0.25) is 0 Å². The number of thiocarbonyl (C=S) groups is 1. The molecule has 3 aromatic rings. The van der Waals surface area contributed by atoms with Crippen molar-refractivity contribution >= 4 is 51.7 Å². The molecule has 0 radical (unpaired) electrons. The quantitative estimate of drug-likeness (QED) is 0.315. The van der Waals surface area contributed by atoms with Gasteiger partial charge in [0.15, 0.2) is 11.5 Å². The number of anilines is 1. The lowest BCUT2D eigenvalue weighted by Gasteiger charge is -2.36. The predicted octanol–water partition coefficient (Wildman–Crippen LogP) is 2.59. The maximum atomic E-state index is 13.7. The normalized spacial score (nSPS) is 18.6. The van der Waals surface area contributed by atoms with E-state index in [1.54, 1.807) is 25.4 Å². The van der Waals surface area contributed by atoms with E-state index >= 15 is 0 Å². The zero-order chi connectivity index (χ0) is 26.9. The van der Waals surface area contributed by atoms with Crippen molar-refractivity contribution in [3.63, 3.8) is 0 Å². The first-order chi connectivity index (χ1) is 19.0. The fourth-order valence-corrected chi connectivity index (χ4v) is 6.17. The summed E-state index contributed by atoms with van der Waals surface area (Å²) >= 11 is 6.62. The summed E-state index contributed by atoms with van der Waals surface area (Å²) in [6.07, 6.45) is 3.34. The lowest BCUT2D eigenvalue weighted by molar-refractivity contribution is -0.122. The minimum Gasteiger partial charge on any atom is -0.454 e. The number of thioether (sulfide) groups is 1. The molecule has 12 heteroatoms. The smallest absolute Gasteiger partial charge is 0.267 e. The van der Waals surface area contributed by atoms with Gasteiger partial charge >= 0.3 is 0 Å². The van der Waals surface area contributed by atoms with Gasteiger partial charge in [0.25, 0.3) is 11.5 Å². The minimum absolute atomic E-state index is 0.222. The molecule has 0 unspecified atom stereocenters. The monoisotopic (exact) mass is 565 g/mol. The molecule has 1 aromatic carbocycles. The molecule has 1 amide bonds. The SMILES string of the molecule is COCCN1C(=O)C(=Cc2c(N3CCN(Cc4ccc5c(c4)OCO5)CC3)nc3ccccn3c2=O)SC1=S. The molecule has 3 aliphatic rings. The van der Waals surface area contributed by atoms with Crippen LogP contribution in [0, 0.1) is 0 Å². The standard InChI is InChI=1S/C27H27N5O5S2/c1-35-13-12-32-26(34)22(39-27(32)38)15-19-24(28-23-4-2-3-7-31(23)25(19)33)30-10-8-29(9-11-30)16-18-5-6-20-21(14-18)37-17-36-20/h2-7,14-15H,8-13,16-17H2,1H3. The Bertz CT molecular complexity index is 1530. The van der Waals surface area contributed by atoms with Crippen molar-refractivity contribution in [3.05, 3.63) is 69.0 Å². The lowest BCUT2D eigenvalue weighted by Crippen LogP contribution is -2.47. The number of piperazine rings is 1. The molecule has 0 saturated carbocycles. The Labute approximate surface area is 234 Å². The van der Waals surface area contributed by atoms with Crippen LogP contribution in [-0.4, -0.2) is 82.6 Å². The van der Waals surface area contributed by atoms with E-state index in [-0.39, 0.29) is 18.3 Å². The third-order valence-electron chi connectivity index (χ3n) is 6.93. The first-order valence-electron chi connectivity index (χ1n) is 12.6. The van der Waals surface area contributed by atoms with E-state index in [2.05, 4.69) is 15.9 Å². The number of hydrogen-bond donors (Lipinski definition) is 0. The van der Waals surface area contributed by atoms with Crippen LogP contribution in [0.25, 0.3) is 11.7 Å². The van der Waals surface area contributed by atoms with Crippen molar-refractivity contribution in [1.29, 1.82) is 0 Å². The molecule has 0 N–H and O–H groups in total. The number of nitrogens with zero attached hydrogens (tertiary/aromatic N) is 5. The molecule has 3 aliphatic heterocycles. The molecule has 10 nitrogen and oxygen atoms in total. The van der Waals surface area contributed by atoms with Gasteiger partial charge in [-0.1, -0.05) is 36.1 Å². The summed E-state index contributed by atoms with van der Waals surface area (Å²) in [5, 5.41) is 0. The second-order valence-electron chi connectivity index (χ2n) is 9.36. The van der Waals surface area contributed by atoms with Gasteiger partial charge < -0.3 is 19.1 Å². The summed E-state index contributed by atoms with van der Waals surface area (Å²) in [5.74, 6) is 1.92. The number of carbonyl (C=O) groups is 1. The summed E-state index contributed by atoms with van der Waals surface area (Å²) in [4.78, 5) is 38.0. The molecule has 39 heavy (non-hydrogen) atoms. The third kappa shape index (κ3) is 5.12. The van der Waals surface area contributed by atoms with Gasteiger partial charge in [-0.15, -0.1) is 0 Å². The highest BCUT2D eigenvalue weighted by molar-refractivity contribution is 8.26. The van der Waals surface area contributed by atoms with Gasteiger partial charge in [0.05, 0.1) is 23.6 Å². The van der Waals surface area contributed by atoms with E-state index in [0.29, 0.717) is 52.5 Å². The first-order valence-corrected chi connectivity index (χ1v) is 13.9. The number of pyridine rings is 1. The second-order valence-corrected chi connectivity index (χ2v) is 11.0. The maximum Gasteiger partial charge on any atom is 0.267 e. The Hall–Kier alpha value is -3.45. The van der Waals surface area contributed by atoms with Gasteiger partial charge in [-0.2, -0.15) is 0 Å². The molecule has 5 heterocycles. The third-order valence-corrected chi connectivity index (χ3v) is 8.31. The number of methoxy groups -OCH3 is 1. The Morgan fingerprint density at radius 2 is 1.92 bits per heavy atom. The topological polar surface area (TPSA) is 88.8 Å². The number of ether oxygens (including phenoxy) is 3. The zero-order valence-corrected chi connectivity index (χ0v) is 23.0.